The third-order valence-electron chi connectivity index (χ3n) is 8.12. The Balaban J connectivity index is 2.05. The zero-order valence-corrected chi connectivity index (χ0v) is 30.5. The Morgan fingerprint density at radius 1 is 0.679 bits per heavy atom. The number of fused-ring (bicyclic) bond motifs is 1. The van der Waals surface area contributed by atoms with Gasteiger partial charge in [0.25, 0.3) is 5.78 Å². The van der Waals surface area contributed by atoms with Gasteiger partial charge in [0, 0.05) is 49.1 Å². The monoisotopic (exact) mass is 794 g/mol. The first-order chi connectivity index (χ1) is 26.2. The fourth-order valence-electron chi connectivity index (χ4n) is 5.36. The predicted octanol–water partition coefficient (Wildman–Crippen LogP) is 1.68. The maximum Gasteiger partial charge on any atom is 0.452 e. The molecule has 20 heteroatoms. The Hall–Kier alpha value is -6.21. The molecule has 0 aliphatic carbocycles. The molecule has 0 saturated heterocycles. The number of carboxylic acids is 3. The molecule has 0 heterocycles. The molecular formula is C36H45F3N6O11. The van der Waals surface area contributed by atoms with E-state index in [4.69, 9.17) is 5.11 Å². The van der Waals surface area contributed by atoms with Crippen molar-refractivity contribution in [1.29, 1.82) is 0 Å². The van der Waals surface area contributed by atoms with Crippen LogP contribution in [0.15, 0.2) is 54.7 Å². The van der Waals surface area contributed by atoms with Crippen LogP contribution in [0.1, 0.15) is 52.4 Å². The van der Waals surface area contributed by atoms with Gasteiger partial charge in [-0.15, -0.1) is 0 Å². The molecule has 3 unspecified atom stereocenters. The first-order valence-electron chi connectivity index (χ1n) is 17.3. The van der Waals surface area contributed by atoms with Crippen molar-refractivity contribution in [2.24, 2.45) is 5.92 Å². The zero-order chi connectivity index (χ0) is 42.2. The topological polar surface area (TPSA) is 269 Å². The molecule has 0 aromatic heterocycles. The van der Waals surface area contributed by atoms with Gasteiger partial charge in [-0.2, -0.15) is 13.2 Å². The first-order valence-corrected chi connectivity index (χ1v) is 17.3. The zero-order valence-electron chi connectivity index (χ0n) is 30.5. The Labute approximate surface area is 318 Å². The molecule has 306 valence electrons. The van der Waals surface area contributed by atoms with Crippen LogP contribution in [0.25, 0.3) is 10.8 Å². The van der Waals surface area contributed by atoms with E-state index in [1.165, 1.54) is 13.8 Å². The van der Waals surface area contributed by atoms with Crippen LogP contribution in [-0.4, -0.2) is 106 Å². The van der Waals surface area contributed by atoms with E-state index in [1.54, 1.807) is 0 Å². The van der Waals surface area contributed by atoms with Crippen LogP contribution in [0.3, 0.4) is 0 Å². The molecule has 0 aliphatic heterocycles. The van der Waals surface area contributed by atoms with Gasteiger partial charge in [0.2, 0.25) is 23.6 Å². The number of carbonyl (C=O) groups is 8. The molecule has 9 N–H and O–H groups in total. The number of Topliss-reactive ketones (excluding diaryl/α,β-unsaturated/α-hetero) is 1. The van der Waals surface area contributed by atoms with E-state index in [2.05, 4.69) is 38.5 Å². The highest BCUT2D eigenvalue weighted by atomic mass is 19.4. The number of hydrogen-bond acceptors (Lipinski definition) is 10. The number of amides is 4. The van der Waals surface area contributed by atoms with Crippen molar-refractivity contribution in [3.05, 3.63) is 54.7 Å². The minimum Gasteiger partial charge on any atom is -0.481 e. The van der Waals surface area contributed by atoms with Crippen molar-refractivity contribution < 1.29 is 66.8 Å². The minimum absolute atomic E-state index is 0.198. The summed E-state index contributed by atoms with van der Waals surface area (Å²) in [6.45, 7) is 7.04. The molecule has 2 rings (SSSR count). The molecule has 0 radical (unpaired) electrons. The van der Waals surface area contributed by atoms with Gasteiger partial charge in [0.05, 0.1) is 18.9 Å². The Morgan fingerprint density at radius 3 is 1.88 bits per heavy atom. The van der Waals surface area contributed by atoms with Crippen molar-refractivity contribution in [1.82, 2.24) is 26.6 Å². The van der Waals surface area contributed by atoms with Crippen molar-refractivity contribution in [3.8, 4) is 0 Å². The molecule has 56 heavy (non-hydrogen) atoms. The number of carboxylic acid groups (broad SMARTS) is 3. The highest BCUT2D eigenvalue weighted by Gasteiger charge is 2.44. The summed E-state index contributed by atoms with van der Waals surface area (Å²) in [6, 6.07) is 6.29. The standard InChI is InChI=1S/C36H45F3N6O11/c1-19(2)32(20(3)42-25(17-30(50)51)33(54)36(37,38)39)45-34(55)24(11-14-29(48)49)44-35(56)26(18-31(52)53)43-28(47)13-12-27(46)41-16-15-40-23-10-6-8-21-7-4-5-9-22(21)23/h4-10,19,24-26,32,40,42H,3,11-18H2,1-2H3,(H,41,46)(H,43,47)(H,44,56)(H,45,55)(H,48,49)(H,50,51)(H,52,53)/t24?,25?,26?,32-/m1/s1. The molecule has 4 amide bonds. The lowest BCUT2D eigenvalue weighted by molar-refractivity contribution is -0.174. The largest absolute Gasteiger partial charge is 0.481 e. The lowest BCUT2D eigenvalue weighted by Crippen LogP contribution is -2.57. The van der Waals surface area contributed by atoms with Gasteiger partial charge in [-0.05, 0) is 23.8 Å². The number of carbonyl (C=O) groups excluding carboxylic acids is 5. The van der Waals surface area contributed by atoms with Crippen LogP contribution in [0.2, 0.25) is 0 Å². The van der Waals surface area contributed by atoms with Gasteiger partial charge < -0.3 is 47.2 Å². The van der Waals surface area contributed by atoms with Gasteiger partial charge >= 0.3 is 24.1 Å². The number of halogens is 3. The summed E-state index contributed by atoms with van der Waals surface area (Å²) in [5.74, 6) is -11.5. The van der Waals surface area contributed by atoms with Crippen molar-refractivity contribution in [2.45, 2.75) is 82.7 Å². The molecule has 4 atom stereocenters. The smallest absolute Gasteiger partial charge is 0.452 e. The Kier molecular flexibility index (Phi) is 17.7. The van der Waals surface area contributed by atoms with Gasteiger partial charge in [-0.1, -0.05) is 56.8 Å². The summed E-state index contributed by atoms with van der Waals surface area (Å²) >= 11 is 0. The van der Waals surface area contributed by atoms with Crippen LogP contribution < -0.4 is 31.9 Å². The lowest BCUT2D eigenvalue weighted by Gasteiger charge is -2.30. The fourth-order valence-corrected chi connectivity index (χ4v) is 5.36. The molecule has 0 saturated carbocycles. The van der Waals surface area contributed by atoms with Gasteiger partial charge in [-0.25, -0.2) is 0 Å². The molecular weight excluding hydrogens is 749 g/mol. The molecule has 0 bridgehead atoms. The number of anilines is 1. The maximum atomic E-state index is 13.4. The SMILES string of the molecule is C=C(NC(CC(=O)O)C(=O)C(F)(F)F)[C@H](NC(=O)C(CCC(=O)O)NC(=O)C(CC(=O)O)NC(=O)CCC(=O)NCCNc1cccc2ccccc12)C(C)C. The Bertz CT molecular complexity index is 1780. The van der Waals surface area contributed by atoms with Crippen LogP contribution in [0, 0.1) is 5.92 Å². The van der Waals surface area contributed by atoms with Crippen LogP contribution in [-0.2, 0) is 38.4 Å². The van der Waals surface area contributed by atoms with Crippen LogP contribution in [0.4, 0.5) is 18.9 Å². The average molecular weight is 795 g/mol. The quantitative estimate of drug-likeness (QED) is 0.0686. The normalized spacial score (nSPS) is 13.3. The second-order valence-corrected chi connectivity index (χ2v) is 12.9. The van der Waals surface area contributed by atoms with Crippen molar-refractivity contribution in [3.63, 3.8) is 0 Å². The van der Waals surface area contributed by atoms with E-state index < -0.39 is 121 Å². The third-order valence-corrected chi connectivity index (χ3v) is 8.12. The second-order valence-electron chi connectivity index (χ2n) is 12.9. The second kappa shape index (κ2) is 21.6. The summed E-state index contributed by atoms with van der Waals surface area (Å²) in [5, 5.41) is 44.4. The van der Waals surface area contributed by atoms with Crippen molar-refractivity contribution >= 4 is 63.8 Å². The summed E-state index contributed by atoms with van der Waals surface area (Å²) in [4.78, 5) is 97.6. The minimum atomic E-state index is -5.42. The molecule has 0 aliphatic rings. The van der Waals surface area contributed by atoms with Gasteiger partial charge in [0.15, 0.2) is 0 Å². The van der Waals surface area contributed by atoms with E-state index in [0.717, 1.165) is 16.5 Å². The lowest BCUT2D eigenvalue weighted by atomic mass is 9.98. The van der Waals surface area contributed by atoms with E-state index in [-0.39, 0.29) is 13.0 Å². The predicted molar refractivity (Wildman–Crippen MR) is 194 cm³/mol. The van der Waals surface area contributed by atoms with E-state index in [9.17, 15) is 61.7 Å². The molecule has 17 nitrogen and oxygen atoms in total. The molecule has 0 fully saturated rings. The van der Waals surface area contributed by atoms with E-state index >= 15 is 0 Å². The molecule has 2 aromatic rings. The summed E-state index contributed by atoms with van der Waals surface area (Å²) in [7, 11) is 0. The summed E-state index contributed by atoms with van der Waals surface area (Å²) in [6.07, 6.45) is -9.76. The molecule has 0 spiro atoms. The highest BCUT2D eigenvalue weighted by molar-refractivity contribution is 5.96. The van der Waals surface area contributed by atoms with Crippen molar-refractivity contribution in [2.75, 3.05) is 18.4 Å². The Morgan fingerprint density at radius 2 is 1.27 bits per heavy atom. The van der Waals surface area contributed by atoms with E-state index in [0.29, 0.717) is 6.54 Å². The number of benzene rings is 2. The van der Waals surface area contributed by atoms with E-state index in [1.807, 2.05) is 42.5 Å². The molecule has 2 aromatic carbocycles. The highest BCUT2D eigenvalue weighted by Crippen LogP contribution is 2.23. The number of ketones is 1. The summed E-state index contributed by atoms with van der Waals surface area (Å²) < 4.78 is 39.4. The van der Waals surface area contributed by atoms with Gasteiger partial charge in [-0.3, -0.25) is 38.4 Å². The number of rotatable bonds is 24. The van der Waals surface area contributed by atoms with Crippen LogP contribution in [0.5, 0.6) is 0 Å². The average Bonchev–Trinajstić information content (AvgIpc) is 3.11. The van der Waals surface area contributed by atoms with Crippen LogP contribution >= 0.6 is 0 Å². The number of hydrogen-bond donors (Lipinski definition) is 9. The number of alkyl halides is 3. The third kappa shape index (κ3) is 15.6. The summed E-state index contributed by atoms with van der Waals surface area (Å²) in [5.41, 5.74) is 0.440. The number of nitrogens with one attached hydrogen (secondary N) is 6. The fraction of sp³-hybridized carbons (Fsp3) is 0.444. The van der Waals surface area contributed by atoms with Gasteiger partial charge in [0.1, 0.15) is 18.1 Å². The first kappa shape index (κ1) is 45.9. The number of aliphatic carboxylic acids is 3. The maximum absolute atomic E-state index is 13.4.